The van der Waals surface area contributed by atoms with Gasteiger partial charge in [-0.25, -0.2) is 4.39 Å². The second-order valence-corrected chi connectivity index (χ2v) is 6.51. The van der Waals surface area contributed by atoms with Crippen LogP contribution in [-0.4, -0.2) is 5.75 Å². The Hall–Kier alpha value is -0.900. The highest BCUT2D eigenvalue weighted by molar-refractivity contribution is 7.98. The second kappa shape index (κ2) is 5.84. The van der Waals surface area contributed by atoms with Crippen molar-refractivity contribution >= 4 is 40.7 Å². The number of thioether (sulfide) groups is 1. The van der Waals surface area contributed by atoms with Crippen LogP contribution in [0.25, 0.3) is 0 Å². The Kier molecular flexibility index (Phi) is 4.11. The maximum absolute atomic E-state index is 13.4. The molecule has 0 bridgehead atoms. The molecular weight excluding hydrogens is 316 g/mol. The van der Waals surface area contributed by atoms with E-state index in [9.17, 15) is 4.39 Å². The minimum atomic E-state index is -0.572. The van der Waals surface area contributed by atoms with Gasteiger partial charge in [-0.15, -0.1) is 0 Å². The summed E-state index contributed by atoms with van der Waals surface area (Å²) in [5, 5.41) is 3.47. The number of benzene rings is 2. The SMILES string of the molecule is Fc1c(Cl)cc(NC2CSCc3ccccc32)cc1Cl. The van der Waals surface area contributed by atoms with Gasteiger partial charge in [0.25, 0.3) is 0 Å². The van der Waals surface area contributed by atoms with Crippen molar-refractivity contribution in [3.63, 3.8) is 0 Å². The molecule has 1 aliphatic rings. The Labute approximate surface area is 131 Å². The summed E-state index contributed by atoms with van der Waals surface area (Å²) in [7, 11) is 0. The van der Waals surface area contributed by atoms with Crippen molar-refractivity contribution in [3.8, 4) is 0 Å². The van der Waals surface area contributed by atoms with Gasteiger partial charge < -0.3 is 5.32 Å². The lowest BCUT2D eigenvalue weighted by molar-refractivity contribution is 0.628. The first-order valence-corrected chi connectivity index (χ1v) is 8.13. The molecule has 0 aromatic heterocycles. The van der Waals surface area contributed by atoms with E-state index < -0.39 is 5.82 Å². The van der Waals surface area contributed by atoms with E-state index in [0.29, 0.717) is 0 Å². The molecule has 104 valence electrons. The molecule has 0 amide bonds. The first kappa shape index (κ1) is 14.1. The van der Waals surface area contributed by atoms with Crippen molar-refractivity contribution in [2.45, 2.75) is 11.8 Å². The van der Waals surface area contributed by atoms with Crippen LogP contribution in [0.1, 0.15) is 17.2 Å². The third kappa shape index (κ3) is 2.76. The van der Waals surface area contributed by atoms with E-state index in [1.807, 2.05) is 23.9 Å². The van der Waals surface area contributed by atoms with E-state index >= 15 is 0 Å². The average Bonchev–Trinajstić information content (AvgIpc) is 2.45. The van der Waals surface area contributed by atoms with E-state index in [0.717, 1.165) is 17.2 Å². The van der Waals surface area contributed by atoms with Crippen molar-refractivity contribution < 1.29 is 4.39 Å². The first-order valence-electron chi connectivity index (χ1n) is 6.22. The predicted molar refractivity (Wildman–Crippen MR) is 85.4 cm³/mol. The van der Waals surface area contributed by atoms with E-state index in [-0.39, 0.29) is 16.1 Å². The molecule has 0 spiro atoms. The Balaban J connectivity index is 1.89. The van der Waals surface area contributed by atoms with Crippen LogP contribution in [0.2, 0.25) is 10.0 Å². The highest BCUT2D eigenvalue weighted by Crippen LogP contribution is 2.35. The number of rotatable bonds is 2. The van der Waals surface area contributed by atoms with Crippen LogP contribution >= 0.6 is 35.0 Å². The molecule has 5 heteroatoms. The summed E-state index contributed by atoms with van der Waals surface area (Å²) in [6.45, 7) is 0. The maximum atomic E-state index is 13.4. The summed E-state index contributed by atoms with van der Waals surface area (Å²) in [6, 6.07) is 11.7. The molecule has 20 heavy (non-hydrogen) atoms. The van der Waals surface area contributed by atoms with Crippen molar-refractivity contribution in [2.75, 3.05) is 11.1 Å². The van der Waals surface area contributed by atoms with Gasteiger partial charge in [0, 0.05) is 17.2 Å². The maximum Gasteiger partial charge on any atom is 0.160 e. The quantitative estimate of drug-likeness (QED) is 0.727. The van der Waals surface area contributed by atoms with Crippen molar-refractivity contribution in [3.05, 3.63) is 63.4 Å². The van der Waals surface area contributed by atoms with Crippen molar-refractivity contribution in [2.24, 2.45) is 0 Å². The molecule has 2 aromatic rings. The summed E-state index contributed by atoms with van der Waals surface area (Å²) < 4.78 is 13.4. The zero-order valence-electron chi connectivity index (χ0n) is 10.5. The van der Waals surface area contributed by atoms with E-state index in [4.69, 9.17) is 23.2 Å². The number of hydrogen-bond donors (Lipinski definition) is 1. The van der Waals surface area contributed by atoms with Crippen LogP contribution in [-0.2, 0) is 5.75 Å². The fourth-order valence-electron chi connectivity index (χ4n) is 2.34. The zero-order valence-corrected chi connectivity index (χ0v) is 12.8. The number of hydrogen-bond acceptors (Lipinski definition) is 2. The second-order valence-electron chi connectivity index (χ2n) is 4.66. The summed E-state index contributed by atoms with van der Waals surface area (Å²) in [4.78, 5) is 0. The van der Waals surface area contributed by atoms with Crippen LogP contribution in [0.5, 0.6) is 0 Å². The zero-order chi connectivity index (χ0) is 14.1. The number of halogens is 3. The summed E-state index contributed by atoms with van der Waals surface area (Å²) in [6.07, 6.45) is 0. The van der Waals surface area contributed by atoms with Gasteiger partial charge in [-0.2, -0.15) is 11.8 Å². The lowest BCUT2D eigenvalue weighted by Crippen LogP contribution is -2.18. The van der Waals surface area contributed by atoms with Gasteiger partial charge in [-0.3, -0.25) is 0 Å². The van der Waals surface area contributed by atoms with Crippen LogP contribution < -0.4 is 5.32 Å². The van der Waals surface area contributed by atoms with Crippen LogP contribution in [0.15, 0.2) is 36.4 Å². The molecule has 2 aromatic carbocycles. The molecule has 0 aliphatic carbocycles. The average molecular weight is 328 g/mol. The molecule has 1 nitrogen and oxygen atoms in total. The summed E-state index contributed by atoms with van der Waals surface area (Å²) in [5.41, 5.74) is 3.35. The van der Waals surface area contributed by atoms with Crippen molar-refractivity contribution in [1.29, 1.82) is 0 Å². The molecule has 0 fully saturated rings. The first-order chi connectivity index (χ1) is 9.65. The molecule has 1 atom stereocenters. The Morgan fingerprint density at radius 2 is 1.85 bits per heavy atom. The third-order valence-electron chi connectivity index (χ3n) is 3.30. The lowest BCUT2D eigenvalue weighted by atomic mass is 10.0. The minimum absolute atomic E-state index is 0.0387. The smallest absolute Gasteiger partial charge is 0.160 e. The molecule has 0 saturated heterocycles. The highest BCUT2D eigenvalue weighted by Gasteiger charge is 2.20. The van der Waals surface area contributed by atoms with Gasteiger partial charge in [0.15, 0.2) is 5.82 Å². The lowest BCUT2D eigenvalue weighted by Gasteiger charge is -2.27. The third-order valence-corrected chi connectivity index (χ3v) is 4.93. The van der Waals surface area contributed by atoms with Crippen LogP contribution in [0, 0.1) is 5.82 Å². The highest BCUT2D eigenvalue weighted by atomic mass is 35.5. The van der Waals surface area contributed by atoms with Crippen molar-refractivity contribution in [1.82, 2.24) is 0 Å². The molecule has 1 unspecified atom stereocenters. The van der Waals surface area contributed by atoms with Gasteiger partial charge in [-0.05, 0) is 23.3 Å². The minimum Gasteiger partial charge on any atom is -0.377 e. The molecule has 0 radical (unpaired) electrons. The number of fused-ring (bicyclic) bond motifs is 1. The summed E-state index contributed by atoms with van der Waals surface area (Å²) >= 11 is 13.5. The van der Waals surface area contributed by atoms with E-state index in [2.05, 4.69) is 17.4 Å². The van der Waals surface area contributed by atoms with Gasteiger partial charge >= 0.3 is 0 Å². The van der Waals surface area contributed by atoms with Gasteiger partial charge in [-0.1, -0.05) is 47.5 Å². The molecule has 1 aliphatic heterocycles. The largest absolute Gasteiger partial charge is 0.377 e. The normalized spacial score (nSPS) is 17.6. The van der Waals surface area contributed by atoms with E-state index in [1.165, 1.54) is 11.1 Å². The molecule has 1 N–H and O–H groups in total. The van der Waals surface area contributed by atoms with Gasteiger partial charge in [0.2, 0.25) is 0 Å². The fraction of sp³-hybridized carbons (Fsp3) is 0.200. The number of anilines is 1. The summed E-state index contributed by atoms with van der Waals surface area (Å²) in [5.74, 6) is 1.42. The molecule has 3 rings (SSSR count). The van der Waals surface area contributed by atoms with Crippen LogP contribution in [0.3, 0.4) is 0 Å². The predicted octanol–water partition coefficient (Wildman–Crippen LogP) is 5.53. The molecule has 0 saturated carbocycles. The Morgan fingerprint density at radius 3 is 2.60 bits per heavy atom. The monoisotopic (exact) mass is 327 g/mol. The van der Waals surface area contributed by atoms with E-state index in [1.54, 1.807) is 12.1 Å². The van der Waals surface area contributed by atoms with Gasteiger partial charge in [0.1, 0.15) is 0 Å². The van der Waals surface area contributed by atoms with Crippen LogP contribution in [0.4, 0.5) is 10.1 Å². The topological polar surface area (TPSA) is 12.0 Å². The fourth-order valence-corrected chi connectivity index (χ4v) is 3.93. The standard InChI is InChI=1S/C15H12Cl2FNS/c16-12-5-10(6-13(17)15(12)18)19-14-8-20-7-9-3-1-2-4-11(9)14/h1-6,14,19H,7-8H2. The number of nitrogens with one attached hydrogen (secondary N) is 1. The Bertz CT molecular complexity index is 625. The molecular formula is C15H12Cl2FNS. The Morgan fingerprint density at radius 1 is 1.15 bits per heavy atom. The molecule has 1 heterocycles. The van der Waals surface area contributed by atoms with Gasteiger partial charge in [0.05, 0.1) is 16.1 Å².